The third-order valence-electron chi connectivity index (χ3n) is 3.80. The summed E-state index contributed by atoms with van der Waals surface area (Å²) in [6.45, 7) is 9.84. The number of amides is 1. The van der Waals surface area contributed by atoms with Crippen molar-refractivity contribution >= 4 is 35.8 Å². The van der Waals surface area contributed by atoms with Gasteiger partial charge in [0.1, 0.15) is 6.54 Å². The third-order valence-corrected chi connectivity index (χ3v) is 3.80. The summed E-state index contributed by atoms with van der Waals surface area (Å²) in [5.74, 6) is 1.62. The molecule has 1 aliphatic rings. The van der Waals surface area contributed by atoms with Gasteiger partial charge in [-0.3, -0.25) is 4.79 Å². The highest BCUT2D eigenvalue weighted by Crippen LogP contribution is 2.28. The molecule has 0 bridgehead atoms. The normalized spacial score (nSPS) is 15.9. The Morgan fingerprint density at radius 3 is 2.39 bits per heavy atom. The first kappa shape index (κ1) is 22.5. The van der Waals surface area contributed by atoms with Crippen molar-refractivity contribution in [1.82, 2.24) is 16.0 Å². The van der Waals surface area contributed by atoms with Crippen LogP contribution in [0.2, 0.25) is 0 Å². The molecule has 1 rings (SSSR count). The maximum atomic E-state index is 11.8. The number of hydrogen-bond acceptors (Lipinski definition) is 2. The van der Waals surface area contributed by atoms with E-state index in [0.29, 0.717) is 0 Å². The Hall–Kier alpha value is -0.530. The fourth-order valence-electron chi connectivity index (χ4n) is 2.85. The van der Waals surface area contributed by atoms with Crippen LogP contribution >= 0.6 is 24.0 Å². The van der Waals surface area contributed by atoms with Crippen LogP contribution in [0.15, 0.2) is 4.99 Å². The lowest BCUT2D eigenvalue weighted by Gasteiger charge is -2.20. The molecular weight excluding hydrogens is 403 g/mol. The Morgan fingerprint density at radius 2 is 1.83 bits per heavy atom. The van der Waals surface area contributed by atoms with E-state index in [2.05, 4.69) is 20.9 Å². The zero-order chi connectivity index (χ0) is 16.4. The topological polar surface area (TPSA) is 65.5 Å². The van der Waals surface area contributed by atoms with E-state index in [4.69, 9.17) is 0 Å². The van der Waals surface area contributed by atoms with Gasteiger partial charge in [-0.1, -0.05) is 25.7 Å². The molecule has 0 aromatic heterocycles. The van der Waals surface area contributed by atoms with Gasteiger partial charge in [0.15, 0.2) is 5.96 Å². The van der Waals surface area contributed by atoms with Crippen LogP contribution in [-0.2, 0) is 4.79 Å². The molecule has 0 unspecified atom stereocenters. The molecule has 6 heteroatoms. The minimum Gasteiger partial charge on any atom is -0.357 e. The molecule has 0 aromatic rings. The number of carbonyl (C=O) groups excluding carboxylic acids is 1. The molecule has 0 saturated heterocycles. The molecule has 0 aliphatic heterocycles. The number of aliphatic imine (C=N–C) groups is 1. The zero-order valence-corrected chi connectivity index (χ0v) is 17.5. The van der Waals surface area contributed by atoms with Gasteiger partial charge in [-0.2, -0.15) is 0 Å². The van der Waals surface area contributed by atoms with E-state index in [1.54, 1.807) is 0 Å². The van der Waals surface area contributed by atoms with Gasteiger partial charge in [0.05, 0.1) is 0 Å². The predicted octanol–water partition coefficient (Wildman–Crippen LogP) is 3.04. The van der Waals surface area contributed by atoms with Crippen LogP contribution in [0.4, 0.5) is 0 Å². The fourth-order valence-corrected chi connectivity index (χ4v) is 2.85. The van der Waals surface area contributed by atoms with Gasteiger partial charge in [0.2, 0.25) is 5.91 Å². The van der Waals surface area contributed by atoms with Crippen molar-refractivity contribution in [2.45, 2.75) is 71.8 Å². The van der Waals surface area contributed by atoms with Crippen molar-refractivity contribution in [3.63, 3.8) is 0 Å². The zero-order valence-electron chi connectivity index (χ0n) is 15.2. The number of nitrogens with one attached hydrogen (secondary N) is 3. The monoisotopic (exact) mass is 438 g/mol. The quantitative estimate of drug-likeness (QED) is 0.248. The second-order valence-electron chi connectivity index (χ2n) is 7.21. The molecule has 23 heavy (non-hydrogen) atoms. The first-order valence-corrected chi connectivity index (χ1v) is 8.74. The Bertz CT molecular complexity index is 360. The van der Waals surface area contributed by atoms with Crippen molar-refractivity contribution in [3.8, 4) is 0 Å². The standard InChI is InChI=1S/C17H34N4O.HI/c1-5-18-16(20-13-15(22)21-17(2,3)4)19-12-8-11-14-9-6-7-10-14;/h14H,5-13H2,1-4H3,(H,21,22)(H2,18,19,20);1H. The molecule has 1 fully saturated rings. The summed E-state index contributed by atoms with van der Waals surface area (Å²) < 4.78 is 0. The van der Waals surface area contributed by atoms with E-state index >= 15 is 0 Å². The van der Waals surface area contributed by atoms with Gasteiger partial charge in [-0.05, 0) is 46.5 Å². The van der Waals surface area contributed by atoms with Crippen molar-refractivity contribution < 1.29 is 4.79 Å². The molecular formula is C17H35IN4O. The van der Waals surface area contributed by atoms with Gasteiger partial charge < -0.3 is 16.0 Å². The molecule has 0 spiro atoms. The third kappa shape index (κ3) is 11.6. The van der Waals surface area contributed by atoms with Crippen molar-refractivity contribution in [3.05, 3.63) is 0 Å². The number of hydrogen-bond donors (Lipinski definition) is 3. The van der Waals surface area contributed by atoms with Crippen LogP contribution in [0.3, 0.4) is 0 Å². The molecule has 1 amide bonds. The average Bonchev–Trinajstić information content (AvgIpc) is 2.92. The van der Waals surface area contributed by atoms with Crippen LogP contribution in [0.5, 0.6) is 0 Å². The predicted molar refractivity (Wildman–Crippen MR) is 108 cm³/mol. The first-order chi connectivity index (χ1) is 10.4. The molecule has 5 nitrogen and oxygen atoms in total. The number of carbonyl (C=O) groups is 1. The summed E-state index contributed by atoms with van der Waals surface area (Å²) in [5, 5.41) is 9.43. The van der Waals surface area contributed by atoms with Crippen LogP contribution in [0, 0.1) is 5.92 Å². The minimum atomic E-state index is -0.209. The summed E-state index contributed by atoms with van der Waals surface area (Å²) in [7, 11) is 0. The second kappa shape index (κ2) is 11.9. The number of nitrogens with zero attached hydrogens (tertiary/aromatic N) is 1. The summed E-state index contributed by atoms with van der Waals surface area (Å²) in [4.78, 5) is 16.1. The van der Waals surface area contributed by atoms with Gasteiger partial charge in [-0.25, -0.2) is 4.99 Å². The smallest absolute Gasteiger partial charge is 0.242 e. The first-order valence-electron chi connectivity index (χ1n) is 8.74. The van der Waals surface area contributed by atoms with Crippen molar-refractivity contribution in [2.75, 3.05) is 19.6 Å². The van der Waals surface area contributed by atoms with Gasteiger partial charge >= 0.3 is 0 Å². The summed E-state index contributed by atoms with van der Waals surface area (Å²) in [6.07, 6.45) is 8.10. The van der Waals surface area contributed by atoms with Crippen LogP contribution in [-0.4, -0.2) is 37.0 Å². The molecule has 3 N–H and O–H groups in total. The van der Waals surface area contributed by atoms with Crippen molar-refractivity contribution in [1.29, 1.82) is 0 Å². The van der Waals surface area contributed by atoms with Crippen LogP contribution in [0.1, 0.15) is 66.2 Å². The van der Waals surface area contributed by atoms with E-state index in [0.717, 1.165) is 25.0 Å². The highest BCUT2D eigenvalue weighted by molar-refractivity contribution is 14.0. The fraction of sp³-hybridized carbons (Fsp3) is 0.882. The highest BCUT2D eigenvalue weighted by atomic mass is 127. The number of halogens is 1. The van der Waals surface area contributed by atoms with Crippen LogP contribution < -0.4 is 16.0 Å². The van der Waals surface area contributed by atoms with Crippen molar-refractivity contribution in [2.24, 2.45) is 10.9 Å². The van der Waals surface area contributed by atoms with E-state index in [1.165, 1.54) is 38.5 Å². The van der Waals surface area contributed by atoms with E-state index in [-0.39, 0.29) is 42.0 Å². The summed E-state index contributed by atoms with van der Waals surface area (Å²) >= 11 is 0. The lowest BCUT2D eigenvalue weighted by atomic mass is 10.0. The Kier molecular flexibility index (Phi) is 11.6. The molecule has 0 atom stereocenters. The Morgan fingerprint density at radius 1 is 1.17 bits per heavy atom. The molecule has 0 heterocycles. The van der Waals surface area contributed by atoms with Gasteiger partial charge in [0, 0.05) is 18.6 Å². The van der Waals surface area contributed by atoms with E-state index in [9.17, 15) is 4.79 Å². The molecule has 1 saturated carbocycles. The largest absolute Gasteiger partial charge is 0.357 e. The molecule has 0 radical (unpaired) electrons. The average molecular weight is 438 g/mol. The molecule has 136 valence electrons. The van der Waals surface area contributed by atoms with E-state index in [1.807, 2.05) is 27.7 Å². The Labute approximate surface area is 158 Å². The summed E-state index contributed by atoms with van der Waals surface area (Å²) in [6, 6.07) is 0. The number of rotatable bonds is 7. The second-order valence-corrected chi connectivity index (χ2v) is 7.21. The Balaban J connectivity index is 0.00000484. The highest BCUT2D eigenvalue weighted by Gasteiger charge is 2.14. The SMILES string of the molecule is CCNC(=NCC(=O)NC(C)(C)C)NCCCC1CCCC1.I. The lowest BCUT2D eigenvalue weighted by molar-refractivity contribution is -0.121. The molecule has 1 aliphatic carbocycles. The van der Waals surface area contributed by atoms with E-state index < -0.39 is 0 Å². The molecule has 0 aromatic carbocycles. The van der Waals surface area contributed by atoms with Crippen LogP contribution in [0.25, 0.3) is 0 Å². The maximum Gasteiger partial charge on any atom is 0.242 e. The minimum absolute atomic E-state index is 0. The maximum absolute atomic E-state index is 11.8. The number of guanidine groups is 1. The van der Waals surface area contributed by atoms with Gasteiger partial charge in [0.25, 0.3) is 0 Å². The van der Waals surface area contributed by atoms with Gasteiger partial charge in [-0.15, -0.1) is 24.0 Å². The summed E-state index contributed by atoms with van der Waals surface area (Å²) in [5.41, 5.74) is -0.209. The lowest BCUT2D eigenvalue weighted by Crippen LogP contribution is -2.43.